The largest absolute Gasteiger partial charge is 0.349 e. The Morgan fingerprint density at radius 3 is 2.79 bits per heavy atom. The highest BCUT2D eigenvalue weighted by Gasteiger charge is 2.25. The van der Waals surface area contributed by atoms with E-state index >= 15 is 0 Å². The van der Waals surface area contributed by atoms with E-state index in [9.17, 15) is 14.0 Å². The van der Waals surface area contributed by atoms with Gasteiger partial charge in [0.1, 0.15) is 17.0 Å². The second kappa shape index (κ2) is 8.15. The summed E-state index contributed by atoms with van der Waals surface area (Å²) in [6.07, 6.45) is 5.83. The van der Waals surface area contributed by atoms with Gasteiger partial charge in [0.05, 0.1) is 6.54 Å². The summed E-state index contributed by atoms with van der Waals surface area (Å²) in [6.45, 7) is 2.14. The first kappa shape index (κ1) is 19.3. The van der Waals surface area contributed by atoms with Crippen LogP contribution in [0.25, 0.3) is 11.0 Å². The minimum absolute atomic E-state index is 0.0139. The molecule has 2 aromatic heterocycles. The number of aromatic nitrogens is 2. The molecule has 0 bridgehead atoms. The summed E-state index contributed by atoms with van der Waals surface area (Å²) in [5.41, 5.74) is 0.420. The summed E-state index contributed by atoms with van der Waals surface area (Å²) in [6, 6.07) is 11.5. The Bertz CT molecular complexity index is 1110. The topological polar surface area (TPSA) is 64.0 Å². The Kier molecular flexibility index (Phi) is 5.43. The van der Waals surface area contributed by atoms with Gasteiger partial charge in [0, 0.05) is 23.2 Å². The molecule has 0 saturated heterocycles. The molecule has 1 aliphatic rings. The molecule has 1 saturated carbocycles. The van der Waals surface area contributed by atoms with Crippen molar-refractivity contribution in [2.75, 3.05) is 0 Å². The average molecular weight is 393 g/mol. The molecule has 150 valence electrons. The van der Waals surface area contributed by atoms with Crippen molar-refractivity contribution in [1.29, 1.82) is 0 Å². The van der Waals surface area contributed by atoms with Gasteiger partial charge >= 0.3 is 0 Å². The van der Waals surface area contributed by atoms with Crippen molar-refractivity contribution in [2.24, 2.45) is 5.92 Å². The van der Waals surface area contributed by atoms with E-state index in [2.05, 4.69) is 17.2 Å². The molecular weight excluding hydrogens is 369 g/mol. The van der Waals surface area contributed by atoms with Gasteiger partial charge in [-0.15, -0.1) is 0 Å². The maximum atomic E-state index is 14.2. The van der Waals surface area contributed by atoms with Crippen molar-refractivity contribution < 1.29 is 9.18 Å². The van der Waals surface area contributed by atoms with Crippen LogP contribution in [0.2, 0.25) is 0 Å². The van der Waals surface area contributed by atoms with Crippen LogP contribution >= 0.6 is 0 Å². The molecule has 1 aliphatic carbocycles. The first-order valence-corrected chi connectivity index (χ1v) is 10.1. The van der Waals surface area contributed by atoms with Crippen LogP contribution in [0.1, 0.15) is 48.5 Å². The fourth-order valence-corrected chi connectivity index (χ4v) is 4.09. The molecular formula is C23H24FN3O2. The minimum Gasteiger partial charge on any atom is -0.349 e. The number of pyridine rings is 2. The van der Waals surface area contributed by atoms with Gasteiger partial charge in [-0.25, -0.2) is 9.37 Å². The third-order valence-electron chi connectivity index (χ3n) is 5.81. The smallest absolute Gasteiger partial charge is 0.265 e. The van der Waals surface area contributed by atoms with Crippen LogP contribution in [-0.4, -0.2) is 21.5 Å². The van der Waals surface area contributed by atoms with Crippen LogP contribution in [0.5, 0.6) is 0 Å². The number of halogens is 1. The molecule has 1 amide bonds. The number of carbonyl (C=O) groups excluding carboxylic acids is 1. The van der Waals surface area contributed by atoms with Crippen LogP contribution in [0.3, 0.4) is 0 Å². The molecule has 0 spiro atoms. The van der Waals surface area contributed by atoms with Gasteiger partial charge < -0.3 is 5.32 Å². The zero-order valence-corrected chi connectivity index (χ0v) is 16.4. The molecule has 1 N–H and O–H groups in total. The number of rotatable bonds is 4. The van der Waals surface area contributed by atoms with E-state index in [1.54, 1.807) is 42.6 Å². The number of nitrogens with one attached hydrogen (secondary N) is 1. The second-order valence-corrected chi connectivity index (χ2v) is 7.80. The van der Waals surface area contributed by atoms with E-state index in [1.807, 2.05) is 0 Å². The lowest BCUT2D eigenvalue weighted by atomic mass is 9.86. The fraction of sp³-hybridized carbons (Fsp3) is 0.348. The maximum Gasteiger partial charge on any atom is 0.265 e. The van der Waals surface area contributed by atoms with E-state index in [-0.39, 0.29) is 24.1 Å². The highest BCUT2D eigenvalue weighted by atomic mass is 19.1. The van der Waals surface area contributed by atoms with Gasteiger partial charge in [0.15, 0.2) is 0 Å². The van der Waals surface area contributed by atoms with Gasteiger partial charge in [0.2, 0.25) is 0 Å². The van der Waals surface area contributed by atoms with Crippen molar-refractivity contribution in [3.8, 4) is 0 Å². The summed E-state index contributed by atoms with van der Waals surface area (Å²) in [5, 5.41) is 3.72. The molecule has 0 unspecified atom stereocenters. The molecule has 1 aromatic carbocycles. The fourth-order valence-electron chi connectivity index (χ4n) is 4.09. The predicted octanol–water partition coefficient (Wildman–Crippen LogP) is 3.89. The third-order valence-corrected chi connectivity index (χ3v) is 5.81. The zero-order valence-electron chi connectivity index (χ0n) is 16.4. The maximum absolute atomic E-state index is 14.2. The summed E-state index contributed by atoms with van der Waals surface area (Å²) < 4.78 is 15.6. The summed E-state index contributed by atoms with van der Waals surface area (Å²) in [4.78, 5) is 30.5. The lowest BCUT2D eigenvalue weighted by molar-refractivity contribution is 0.0908. The first-order chi connectivity index (χ1) is 14.0. The minimum atomic E-state index is -0.458. The van der Waals surface area contributed by atoms with Gasteiger partial charge in [-0.05, 0) is 43.0 Å². The highest BCUT2D eigenvalue weighted by molar-refractivity contribution is 5.97. The van der Waals surface area contributed by atoms with Crippen molar-refractivity contribution in [3.05, 3.63) is 76.0 Å². The number of carbonyl (C=O) groups is 1. The first-order valence-electron chi connectivity index (χ1n) is 10.1. The van der Waals surface area contributed by atoms with Gasteiger partial charge in [-0.1, -0.05) is 38.0 Å². The second-order valence-electron chi connectivity index (χ2n) is 7.80. The predicted molar refractivity (Wildman–Crippen MR) is 110 cm³/mol. The molecule has 5 nitrogen and oxygen atoms in total. The van der Waals surface area contributed by atoms with E-state index in [0.717, 1.165) is 19.3 Å². The van der Waals surface area contributed by atoms with Crippen molar-refractivity contribution in [1.82, 2.24) is 14.9 Å². The van der Waals surface area contributed by atoms with E-state index in [1.165, 1.54) is 17.1 Å². The van der Waals surface area contributed by atoms with Crippen LogP contribution in [0.15, 0.2) is 53.5 Å². The van der Waals surface area contributed by atoms with Gasteiger partial charge in [-0.3, -0.25) is 14.2 Å². The number of hydrogen-bond donors (Lipinski definition) is 1. The van der Waals surface area contributed by atoms with Gasteiger partial charge in [0.25, 0.3) is 11.5 Å². The third kappa shape index (κ3) is 3.92. The van der Waals surface area contributed by atoms with Crippen LogP contribution in [-0.2, 0) is 6.54 Å². The average Bonchev–Trinajstić information content (AvgIpc) is 2.73. The van der Waals surface area contributed by atoms with Crippen LogP contribution in [0.4, 0.5) is 4.39 Å². The van der Waals surface area contributed by atoms with Crippen molar-refractivity contribution in [3.63, 3.8) is 0 Å². The Balaban J connectivity index is 1.75. The lowest BCUT2D eigenvalue weighted by Gasteiger charge is -2.29. The number of amides is 1. The molecule has 3 aromatic rings. The van der Waals surface area contributed by atoms with Crippen LogP contribution < -0.4 is 10.9 Å². The number of hydrogen-bond acceptors (Lipinski definition) is 3. The monoisotopic (exact) mass is 393 g/mol. The summed E-state index contributed by atoms with van der Waals surface area (Å²) >= 11 is 0. The molecule has 0 aliphatic heterocycles. The van der Waals surface area contributed by atoms with Crippen molar-refractivity contribution in [2.45, 2.75) is 45.2 Å². The van der Waals surface area contributed by atoms with E-state index in [0.29, 0.717) is 22.5 Å². The summed E-state index contributed by atoms with van der Waals surface area (Å²) in [5.74, 6) is -0.383. The number of benzene rings is 1. The zero-order chi connectivity index (χ0) is 20.4. The number of fused-ring (bicyclic) bond motifs is 1. The molecule has 2 heterocycles. The molecule has 1 fully saturated rings. The molecule has 0 radical (unpaired) electrons. The quantitative estimate of drug-likeness (QED) is 0.731. The SMILES string of the molecule is C[C@H]1CCCC[C@@H]1NC(=O)c1cc2cccnc2n(Cc2ccccc2F)c1=O. The highest BCUT2D eigenvalue weighted by Crippen LogP contribution is 2.24. The lowest BCUT2D eigenvalue weighted by Crippen LogP contribution is -2.43. The Morgan fingerprint density at radius 1 is 1.21 bits per heavy atom. The van der Waals surface area contributed by atoms with Crippen molar-refractivity contribution >= 4 is 16.9 Å². The normalized spacial score (nSPS) is 19.2. The Labute approximate surface area is 168 Å². The van der Waals surface area contributed by atoms with Crippen LogP contribution in [0, 0.1) is 11.7 Å². The van der Waals surface area contributed by atoms with Gasteiger partial charge in [-0.2, -0.15) is 0 Å². The summed E-state index contributed by atoms with van der Waals surface area (Å²) in [7, 11) is 0. The molecule has 4 rings (SSSR count). The van der Waals surface area contributed by atoms with E-state index < -0.39 is 11.4 Å². The molecule has 6 heteroatoms. The number of nitrogens with zero attached hydrogens (tertiary/aromatic N) is 2. The molecule has 29 heavy (non-hydrogen) atoms. The Morgan fingerprint density at radius 2 is 2.00 bits per heavy atom. The Hall–Kier alpha value is -3.02. The molecule has 2 atom stereocenters. The standard InChI is InChI=1S/C23H24FN3O2/c1-15-7-2-5-11-20(15)26-22(28)18-13-16-9-6-12-25-21(16)27(23(18)29)14-17-8-3-4-10-19(17)24/h3-4,6,8-10,12-13,15,20H,2,5,7,11,14H2,1H3,(H,26,28)/t15-,20-/m0/s1. The van der Waals surface area contributed by atoms with E-state index in [4.69, 9.17) is 0 Å².